The zero-order chi connectivity index (χ0) is 51.3. The summed E-state index contributed by atoms with van der Waals surface area (Å²) in [5.74, 6) is 4.80. The molecule has 2 aliphatic heterocycles. The number of nitrogens with zero attached hydrogens (tertiary/aromatic N) is 13. The highest BCUT2D eigenvalue weighted by Gasteiger charge is 2.23. The van der Waals surface area contributed by atoms with Crippen LogP contribution in [0.25, 0.3) is 56.7 Å². The topological polar surface area (TPSA) is 159 Å². The van der Waals surface area contributed by atoms with E-state index in [4.69, 9.17) is 29.9 Å². The summed E-state index contributed by atoms with van der Waals surface area (Å²) in [6, 6.07) is 44.9. The zero-order valence-corrected chi connectivity index (χ0v) is 41.9. The molecule has 18 heteroatoms. The van der Waals surface area contributed by atoms with E-state index in [9.17, 15) is 8.78 Å². The van der Waals surface area contributed by atoms with Gasteiger partial charge in [0.2, 0.25) is 11.9 Å². The molecule has 0 amide bonds. The van der Waals surface area contributed by atoms with Crippen LogP contribution in [-0.4, -0.2) is 113 Å². The molecule has 4 aromatic carbocycles. The molecule has 75 heavy (non-hydrogen) atoms. The number of hydrogen-bond acceptors (Lipinski definition) is 14. The Morgan fingerprint density at radius 3 is 1.32 bits per heavy atom. The van der Waals surface area contributed by atoms with Crippen molar-refractivity contribution in [2.75, 3.05) is 79.8 Å². The van der Waals surface area contributed by atoms with Crippen LogP contribution in [0.5, 0.6) is 0 Å². The lowest BCUT2D eigenvalue weighted by Crippen LogP contribution is -2.44. The van der Waals surface area contributed by atoms with Crippen molar-refractivity contribution < 1.29 is 8.78 Å². The predicted molar refractivity (Wildman–Crippen MR) is 291 cm³/mol. The van der Waals surface area contributed by atoms with Gasteiger partial charge in [0.1, 0.15) is 46.6 Å². The lowest BCUT2D eigenvalue weighted by molar-refractivity contribution is 0.312. The smallest absolute Gasteiger partial charge is 0.225 e. The first kappa shape index (κ1) is 48.5. The van der Waals surface area contributed by atoms with Crippen molar-refractivity contribution >= 4 is 45.9 Å². The Morgan fingerprint density at radius 1 is 0.453 bits per heavy atom. The van der Waals surface area contributed by atoms with Crippen LogP contribution in [0.2, 0.25) is 0 Å². The molecule has 0 bridgehead atoms. The fourth-order valence-electron chi connectivity index (χ4n) is 9.36. The van der Waals surface area contributed by atoms with Crippen molar-refractivity contribution in [2.45, 2.75) is 25.9 Å². The molecular weight excluding hydrogens is 947 g/mol. The van der Waals surface area contributed by atoms with Gasteiger partial charge in [0, 0.05) is 75.9 Å². The molecule has 8 heterocycles. The summed E-state index contributed by atoms with van der Waals surface area (Å²) >= 11 is 0. The van der Waals surface area contributed by atoms with Crippen LogP contribution >= 0.6 is 0 Å². The number of fused-ring (bicyclic) bond motifs is 2. The number of aromatic nitrogens is 10. The summed E-state index contributed by atoms with van der Waals surface area (Å²) in [7, 11) is 2.13. The van der Waals surface area contributed by atoms with E-state index >= 15 is 0 Å². The Bertz CT molecular complexity index is 3520. The first-order valence-electron chi connectivity index (χ1n) is 25.2. The maximum Gasteiger partial charge on any atom is 0.225 e. The van der Waals surface area contributed by atoms with E-state index in [2.05, 4.69) is 85.8 Å². The molecule has 0 unspecified atom stereocenters. The normalized spacial score (nSPS) is 14.8. The molecule has 0 spiro atoms. The molecule has 3 N–H and O–H groups in total. The van der Waals surface area contributed by atoms with Crippen LogP contribution in [0.3, 0.4) is 0 Å². The molecule has 2 fully saturated rings. The Labute approximate surface area is 433 Å². The third kappa shape index (κ3) is 10.8. The number of imidazole rings is 2. The number of rotatable bonds is 12. The first-order valence-corrected chi connectivity index (χ1v) is 25.2. The van der Waals surface area contributed by atoms with Crippen LogP contribution in [0, 0.1) is 11.6 Å². The summed E-state index contributed by atoms with van der Waals surface area (Å²) in [4.78, 5) is 45.0. The largest absolute Gasteiger partial charge is 0.354 e. The van der Waals surface area contributed by atoms with Crippen molar-refractivity contribution in [3.05, 3.63) is 181 Å². The molecule has 378 valence electrons. The van der Waals surface area contributed by atoms with Crippen LogP contribution in [0.1, 0.15) is 37.1 Å². The number of halogens is 2. The summed E-state index contributed by atoms with van der Waals surface area (Å²) in [5.41, 5.74) is 6.70. The molecule has 2 atom stereocenters. The molecule has 6 aromatic heterocycles. The van der Waals surface area contributed by atoms with Crippen molar-refractivity contribution in [2.24, 2.45) is 0 Å². The molecule has 0 radical (unpaired) electrons. The minimum absolute atomic E-state index is 0.0235. The maximum atomic E-state index is 13.8. The highest BCUT2D eigenvalue weighted by molar-refractivity contribution is 5.83. The SMILES string of the molecule is C[C@@H](Nc1nccc(-n2c(-c3ccc(F)cc3)nc3nc(N4CCN(C)CC4)ccc32)n1)c1ccccc1.C[C@@H](Nc1nccc(-n2c(-c3ccc(F)cc3)nc3nc(N4CCNCC4)ccc32)n1)c1ccccc1. The summed E-state index contributed by atoms with van der Waals surface area (Å²) in [6.07, 6.45) is 3.46. The lowest BCUT2D eigenvalue weighted by atomic mass is 10.1. The average Bonchev–Trinajstić information content (AvgIpc) is 4.04. The zero-order valence-electron chi connectivity index (χ0n) is 41.9. The van der Waals surface area contributed by atoms with E-state index in [0.717, 1.165) is 97.3 Å². The van der Waals surface area contributed by atoms with E-state index in [-0.39, 0.29) is 23.7 Å². The van der Waals surface area contributed by atoms with E-state index in [0.29, 0.717) is 46.5 Å². The average molecular weight is 1000 g/mol. The van der Waals surface area contributed by atoms with Crippen molar-refractivity contribution in [1.29, 1.82) is 0 Å². The van der Waals surface area contributed by atoms with Crippen LogP contribution in [-0.2, 0) is 0 Å². The van der Waals surface area contributed by atoms with Gasteiger partial charge in [0.25, 0.3) is 0 Å². The minimum Gasteiger partial charge on any atom is -0.354 e. The third-order valence-corrected chi connectivity index (χ3v) is 13.5. The first-order chi connectivity index (χ1) is 36.7. The minimum atomic E-state index is -0.297. The molecule has 12 rings (SSSR count). The standard InChI is InChI=1S/C29H29FN8.C28H27FN8/c1-20(21-6-4-3-5-7-21)32-29-31-15-14-26(34-29)38-24-12-13-25(37-18-16-36(2)17-19-37)33-27(24)35-28(38)22-8-10-23(30)11-9-22;1-19(20-5-3-2-4-6-20)32-28-31-14-13-25(34-28)37-23-11-12-24(36-17-15-30-16-18-36)33-26(23)35-27(37)21-7-9-22(29)10-8-21/h3-15,20H,16-19H2,1-2H3,(H,31,32,34);2-14,19,30H,15-18H2,1H3,(H,31,32,34)/t20-;19-/m11/s1. The van der Waals surface area contributed by atoms with Gasteiger partial charge >= 0.3 is 0 Å². The highest BCUT2D eigenvalue weighted by Crippen LogP contribution is 2.32. The van der Waals surface area contributed by atoms with Gasteiger partial charge in [-0.05, 0) is 117 Å². The number of anilines is 4. The summed E-state index contributed by atoms with van der Waals surface area (Å²) in [6.45, 7) is 11.6. The van der Waals surface area contributed by atoms with Gasteiger partial charge in [-0.25, -0.2) is 38.7 Å². The highest BCUT2D eigenvalue weighted by atomic mass is 19.1. The fraction of sp³-hybridized carbons (Fsp3) is 0.228. The molecule has 10 aromatic rings. The monoisotopic (exact) mass is 1000 g/mol. The van der Waals surface area contributed by atoms with Crippen LogP contribution in [0.4, 0.5) is 32.3 Å². The Kier molecular flexibility index (Phi) is 14.1. The lowest BCUT2D eigenvalue weighted by Gasteiger charge is -2.33. The Balaban J connectivity index is 0.000000161. The van der Waals surface area contributed by atoms with Gasteiger partial charge in [-0.1, -0.05) is 60.7 Å². The van der Waals surface area contributed by atoms with Crippen molar-refractivity contribution in [3.63, 3.8) is 0 Å². The summed E-state index contributed by atoms with van der Waals surface area (Å²) in [5, 5.41) is 10.2. The van der Waals surface area contributed by atoms with Crippen LogP contribution in [0.15, 0.2) is 158 Å². The Hall–Kier alpha value is -8.74. The number of benzene rings is 4. The third-order valence-electron chi connectivity index (χ3n) is 13.5. The number of pyridine rings is 2. The molecule has 16 nitrogen and oxygen atoms in total. The maximum absolute atomic E-state index is 13.8. The summed E-state index contributed by atoms with van der Waals surface area (Å²) < 4.78 is 31.4. The quantitative estimate of drug-likeness (QED) is 0.106. The van der Waals surface area contributed by atoms with E-state index in [1.807, 2.05) is 81.9 Å². The van der Waals surface area contributed by atoms with Crippen molar-refractivity contribution in [1.82, 2.24) is 59.2 Å². The number of likely N-dealkylation sites (N-methyl/N-ethyl adjacent to an activating group) is 1. The molecular formula is C57H56F2N16. The van der Waals surface area contributed by atoms with E-state index in [1.54, 1.807) is 36.7 Å². The van der Waals surface area contributed by atoms with Gasteiger partial charge in [-0.3, -0.25) is 9.13 Å². The molecule has 2 saturated heterocycles. The molecule has 0 saturated carbocycles. The second-order valence-corrected chi connectivity index (χ2v) is 18.6. The van der Waals surface area contributed by atoms with Gasteiger partial charge in [-0.15, -0.1) is 0 Å². The number of hydrogen-bond donors (Lipinski definition) is 3. The molecule has 2 aliphatic rings. The molecule has 0 aliphatic carbocycles. The second kappa shape index (κ2) is 21.8. The van der Waals surface area contributed by atoms with E-state index in [1.165, 1.54) is 24.3 Å². The predicted octanol–water partition coefficient (Wildman–Crippen LogP) is 9.54. The number of piperazine rings is 2. The van der Waals surface area contributed by atoms with Gasteiger partial charge in [0.05, 0.1) is 23.1 Å². The van der Waals surface area contributed by atoms with E-state index < -0.39 is 0 Å². The van der Waals surface area contributed by atoms with Gasteiger partial charge in [-0.2, -0.15) is 9.97 Å². The Morgan fingerprint density at radius 2 is 0.880 bits per heavy atom. The van der Waals surface area contributed by atoms with Crippen molar-refractivity contribution in [3.8, 4) is 34.4 Å². The number of nitrogens with one attached hydrogen (secondary N) is 3. The van der Waals surface area contributed by atoms with Crippen LogP contribution < -0.4 is 25.8 Å². The fourth-order valence-corrected chi connectivity index (χ4v) is 9.36. The second-order valence-electron chi connectivity index (χ2n) is 18.6. The van der Waals surface area contributed by atoms with Gasteiger partial charge < -0.3 is 30.7 Å². The van der Waals surface area contributed by atoms with Gasteiger partial charge in [0.15, 0.2) is 11.3 Å².